The zero-order valence-corrected chi connectivity index (χ0v) is 19.1. The first-order valence-electron chi connectivity index (χ1n) is 12.0. The highest BCUT2D eigenvalue weighted by atomic mass is 16.5. The van der Waals surface area contributed by atoms with Gasteiger partial charge < -0.3 is 25.2 Å². The molecule has 172 valence electrons. The van der Waals surface area contributed by atoms with Crippen LogP contribution in [0.25, 0.3) is 0 Å². The summed E-state index contributed by atoms with van der Waals surface area (Å²) < 4.78 is 5.23. The Hall–Kier alpha value is -2.45. The number of methoxy groups -OCH3 is 1. The van der Waals surface area contributed by atoms with Crippen molar-refractivity contribution in [1.29, 1.82) is 0 Å². The number of rotatable bonds is 3. The number of hydrogen-bond acceptors (Lipinski definition) is 8. The predicted octanol–water partition coefficient (Wildman–Crippen LogP) is 2.23. The van der Waals surface area contributed by atoms with Crippen LogP contribution in [-0.2, 0) is 0 Å². The molecule has 2 aromatic heterocycles. The highest BCUT2D eigenvalue weighted by Gasteiger charge is 2.41. The number of nitrogens with one attached hydrogen (secondary N) is 2. The van der Waals surface area contributed by atoms with Gasteiger partial charge in [0.2, 0.25) is 0 Å². The summed E-state index contributed by atoms with van der Waals surface area (Å²) >= 11 is 0. The van der Waals surface area contributed by atoms with Crippen LogP contribution in [0.1, 0.15) is 38.5 Å². The van der Waals surface area contributed by atoms with Crippen molar-refractivity contribution < 1.29 is 4.74 Å². The van der Waals surface area contributed by atoms with Crippen LogP contribution in [0.15, 0.2) is 36.8 Å². The minimum Gasteiger partial charge on any atom is -0.495 e. The summed E-state index contributed by atoms with van der Waals surface area (Å²) in [6.07, 6.45) is 13.1. The molecule has 32 heavy (non-hydrogen) atoms. The van der Waals surface area contributed by atoms with Crippen LogP contribution in [-0.4, -0.2) is 72.6 Å². The second-order valence-electron chi connectivity index (χ2n) is 9.63. The lowest BCUT2D eigenvalue weighted by Crippen LogP contribution is -2.42. The van der Waals surface area contributed by atoms with E-state index in [9.17, 15) is 0 Å². The number of ether oxygens (including phenoxy) is 1. The summed E-state index contributed by atoms with van der Waals surface area (Å²) in [6.45, 7) is 6.75. The Morgan fingerprint density at radius 3 is 2.28 bits per heavy atom. The number of nitrogens with zero attached hydrogens (tertiary/aromatic N) is 5. The van der Waals surface area contributed by atoms with Gasteiger partial charge in [-0.2, -0.15) is 5.10 Å². The molecular weight excluding hydrogens is 402 g/mol. The van der Waals surface area contributed by atoms with Crippen LogP contribution in [0.2, 0.25) is 0 Å². The quantitative estimate of drug-likeness (QED) is 0.757. The normalized spacial score (nSPS) is 29.0. The van der Waals surface area contributed by atoms with Gasteiger partial charge in [-0.05, 0) is 63.7 Å². The third-order valence-electron chi connectivity index (χ3n) is 7.55. The van der Waals surface area contributed by atoms with E-state index in [1.165, 1.54) is 57.3 Å². The Balaban J connectivity index is 0.000000136. The van der Waals surface area contributed by atoms with Crippen LogP contribution >= 0.6 is 0 Å². The van der Waals surface area contributed by atoms with Crippen LogP contribution < -0.4 is 25.2 Å². The van der Waals surface area contributed by atoms with E-state index in [2.05, 4.69) is 41.7 Å². The van der Waals surface area contributed by atoms with Crippen LogP contribution in [0.3, 0.4) is 0 Å². The molecule has 0 amide bonds. The van der Waals surface area contributed by atoms with Gasteiger partial charge in [0.1, 0.15) is 5.75 Å². The molecule has 0 aliphatic carbocycles. The van der Waals surface area contributed by atoms with Crippen molar-refractivity contribution in [2.75, 3.05) is 56.2 Å². The molecule has 0 saturated carbocycles. The molecule has 4 fully saturated rings. The standard InChI is InChI=1S/C13H19N3O.C11H16N4/c1-17-12-7-11(8-14-9-12)16-6-4-13(10-16)3-2-5-15-13;1-3-10(14-13-7-1)15-8-5-11(9-15)4-2-6-12-11/h7-9,15H,2-6,10H2,1H3;1,3,7,12H,2,4-6,8-9H2. The summed E-state index contributed by atoms with van der Waals surface area (Å²) in [6, 6.07) is 6.07. The summed E-state index contributed by atoms with van der Waals surface area (Å²) in [5.41, 5.74) is 1.91. The van der Waals surface area contributed by atoms with Crippen LogP contribution in [0.4, 0.5) is 11.5 Å². The van der Waals surface area contributed by atoms with Gasteiger partial charge in [-0.15, -0.1) is 5.10 Å². The molecule has 0 bridgehead atoms. The SMILES string of the molecule is COc1cncc(N2CCC3(CCCN3)C2)c1.c1cnnc(N2CCC3(CCCN3)C2)c1. The maximum Gasteiger partial charge on any atom is 0.151 e. The van der Waals surface area contributed by atoms with Gasteiger partial charge in [-0.3, -0.25) is 4.98 Å². The predicted molar refractivity (Wildman–Crippen MR) is 126 cm³/mol. The van der Waals surface area contributed by atoms with E-state index in [1.54, 1.807) is 19.5 Å². The maximum absolute atomic E-state index is 5.23. The Kier molecular flexibility index (Phi) is 6.15. The maximum atomic E-state index is 5.23. The minimum atomic E-state index is 0.364. The summed E-state index contributed by atoms with van der Waals surface area (Å²) in [5.74, 6) is 1.85. The molecule has 4 aliphatic rings. The number of pyridine rings is 1. The largest absolute Gasteiger partial charge is 0.495 e. The molecule has 4 saturated heterocycles. The van der Waals surface area contributed by atoms with Crippen molar-refractivity contribution in [2.45, 2.75) is 49.6 Å². The summed E-state index contributed by atoms with van der Waals surface area (Å²) in [4.78, 5) is 8.98. The van der Waals surface area contributed by atoms with Crippen molar-refractivity contribution in [3.63, 3.8) is 0 Å². The fraction of sp³-hybridized carbons (Fsp3) is 0.625. The van der Waals surface area contributed by atoms with E-state index in [0.29, 0.717) is 11.1 Å². The fourth-order valence-electron chi connectivity index (χ4n) is 5.75. The third kappa shape index (κ3) is 4.52. The molecule has 2 atom stereocenters. The molecule has 4 aliphatic heterocycles. The van der Waals surface area contributed by atoms with Crippen molar-refractivity contribution in [3.05, 3.63) is 36.8 Å². The Morgan fingerprint density at radius 1 is 0.938 bits per heavy atom. The van der Waals surface area contributed by atoms with E-state index in [1.807, 2.05) is 18.3 Å². The van der Waals surface area contributed by atoms with Gasteiger partial charge in [0, 0.05) is 49.5 Å². The van der Waals surface area contributed by atoms with E-state index < -0.39 is 0 Å². The van der Waals surface area contributed by atoms with Gasteiger partial charge >= 0.3 is 0 Å². The molecule has 2 unspecified atom stereocenters. The molecule has 0 radical (unpaired) electrons. The first-order chi connectivity index (χ1) is 15.7. The lowest BCUT2D eigenvalue weighted by molar-refractivity contribution is 0.412. The molecule has 8 nitrogen and oxygen atoms in total. The summed E-state index contributed by atoms with van der Waals surface area (Å²) in [7, 11) is 1.69. The van der Waals surface area contributed by atoms with Gasteiger partial charge in [0.05, 0.1) is 25.2 Å². The average molecular weight is 438 g/mol. The Morgan fingerprint density at radius 2 is 1.66 bits per heavy atom. The van der Waals surface area contributed by atoms with E-state index in [-0.39, 0.29) is 0 Å². The monoisotopic (exact) mass is 437 g/mol. The fourth-order valence-corrected chi connectivity index (χ4v) is 5.75. The highest BCUT2D eigenvalue weighted by molar-refractivity contribution is 5.50. The van der Waals surface area contributed by atoms with Gasteiger partial charge in [-0.1, -0.05) is 0 Å². The van der Waals surface area contributed by atoms with Crippen molar-refractivity contribution in [1.82, 2.24) is 25.8 Å². The second kappa shape index (κ2) is 9.19. The minimum absolute atomic E-state index is 0.364. The lowest BCUT2D eigenvalue weighted by atomic mass is 9.97. The zero-order valence-electron chi connectivity index (χ0n) is 19.1. The molecule has 2 aromatic rings. The molecule has 6 rings (SSSR count). The van der Waals surface area contributed by atoms with Crippen LogP contribution in [0.5, 0.6) is 5.75 Å². The molecule has 2 N–H and O–H groups in total. The van der Waals surface area contributed by atoms with Crippen molar-refractivity contribution in [2.24, 2.45) is 0 Å². The Labute approximate surface area is 190 Å². The molecule has 0 aromatic carbocycles. The van der Waals surface area contributed by atoms with Crippen molar-refractivity contribution in [3.8, 4) is 5.75 Å². The van der Waals surface area contributed by atoms with Gasteiger partial charge in [0.25, 0.3) is 0 Å². The van der Waals surface area contributed by atoms with Gasteiger partial charge in [-0.25, -0.2) is 0 Å². The van der Waals surface area contributed by atoms with Gasteiger partial charge in [0.15, 0.2) is 5.82 Å². The Bertz CT molecular complexity index is 881. The van der Waals surface area contributed by atoms with Crippen LogP contribution in [0, 0.1) is 0 Å². The number of hydrogen-bond donors (Lipinski definition) is 2. The third-order valence-corrected chi connectivity index (χ3v) is 7.55. The topological polar surface area (TPSA) is 78.4 Å². The molecule has 8 heteroatoms. The van der Waals surface area contributed by atoms with Crippen molar-refractivity contribution >= 4 is 11.5 Å². The lowest BCUT2D eigenvalue weighted by Gasteiger charge is -2.25. The van der Waals surface area contributed by atoms with E-state index >= 15 is 0 Å². The number of aromatic nitrogens is 3. The first-order valence-corrected chi connectivity index (χ1v) is 12.0. The highest BCUT2D eigenvalue weighted by Crippen LogP contribution is 2.34. The van der Waals surface area contributed by atoms with E-state index in [0.717, 1.165) is 37.7 Å². The molecule has 6 heterocycles. The summed E-state index contributed by atoms with van der Waals surface area (Å²) in [5, 5.41) is 15.4. The zero-order chi connectivity index (χ0) is 21.9. The molecule has 2 spiro atoms. The first kappa shape index (κ1) is 21.4. The smallest absolute Gasteiger partial charge is 0.151 e. The number of anilines is 2. The second-order valence-corrected chi connectivity index (χ2v) is 9.63. The average Bonchev–Trinajstić information content (AvgIpc) is 3.66. The molecular formula is C24H35N7O. The van der Waals surface area contributed by atoms with E-state index in [4.69, 9.17) is 4.74 Å².